The number of hydrogen-bond donors (Lipinski definition) is 1. The number of fused-ring (bicyclic) bond motifs is 1. The molecule has 1 spiro atoms. The second kappa shape index (κ2) is 5.88. The number of amides is 2. The minimum absolute atomic E-state index is 0.0840. The standard InChI is InChI=1S/C20H24N2O/c23-19(22-15-7-14-20(22)12-4-1-5-13-20)21-18-11-6-9-16-8-2-3-10-17(16)18/h2-3,6,8-11H,1,4-5,7,12-15H2,(H,21,23). The van der Waals surface area contributed by atoms with Crippen LogP contribution in [0.15, 0.2) is 42.5 Å². The number of rotatable bonds is 1. The Morgan fingerprint density at radius 3 is 2.52 bits per heavy atom. The normalized spacial score (nSPS) is 20.1. The Balaban J connectivity index is 1.59. The van der Waals surface area contributed by atoms with Gasteiger partial charge in [-0.15, -0.1) is 0 Å². The van der Waals surface area contributed by atoms with Gasteiger partial charge in [0.1, 0.15) is 0 Å². The number of nitrogens with one attached hydrogen (secondary N) is 1. The van der Waals surface area contributed by atoms with Crippen LogP contribution >= 0.6 is 0 Å². The molecular weight excluding hydrogens is 284 g/mol. The van der Waals surface area contributed by atoms with Gasteiger partial charge in [-0.2, -0.15) is 0 Å². The lowest BCUT2D eigenvalue weighted by Crippen LogP contribution is -2.50. The summed E-state index contributed by atoms with van der Waals surface area (Å²) in [6, 6.07) is 14.4. The van der Waals surface area contributed by atoms with Crippen LogP contribution < -0.4 is 5.32 Å². The minimum atomic E-state index is 0.0840. The molecule has 3 nitrogen and oxygen atoms in total. The van der Waals surface area contributed by atoms with Crippen LogP contribution in [0.5, 0.6) is 0 Å². The van der Waals surface area contributed by atoms with Crippen LogP contribution in [-0.2, 0) is 0 Å². The van der Waals surface area contributed by atoms with Gasteiger partial charge in [0, 0.05) is 17.5 Å². The fourth-order valence-corrected chi connectivity index (χ4v) is 4.50. The third-order valence-corrected chi connectivity index (χ3v) is 5.66. The molecule has 0 bridgehead atoms. The molecule has 0 unspecified atom stereocenters. The van der Waals surface area contributed by atoms with E-state index in [4.69, 9.17) is 0 Å². The van der Waals surface area contributed by atoms with Crippen molar-refractivity contribution in [3.05, 3.63) is 42.5 Å². The van der Waals surface area contributed by atoms with Gasteiger partial charge >= 0.3 is 6.03 Å². The van der Waals surface area contributed by atoms with Crippen molar-refractivity contribution in [2.75, 3.05) is 11.9 Å². The van der Waals surface area contributed by atoms with Gasteiger partial charge in [0.05, 0.1) is 5.69 Å². The van der Waals surface area contributed by atoms with Crippen LogP contribution in [-0.4, -0.2) is 23.0 Å². The molecule has 3 heteroatoms. The second-order valence-corrected chi connectivity index (χ2v) is 7.00. The minimum Gasteiger partial charge on any atom is -0.319 e. The third-order valence-electron chi connectivity index (χ3n) is 5.66. The highest BCUT2D eigenvalue weighted by atomic mass is 16.2. The summed E-state index contributed by atoms with van der Waals surface area (Å²) >= 11 is 0. The van der Waals surface area contributed by atoms with Crippen LogP contribution in [0, 0.1) is 0 Å². The van der Waals surface area contributed by atoms with E-state index in [-0.39, 0.29) is 11.6 Å². The predicted molar refractivity (Wildman–Crippen MR) is 94.7 cm³/mol. The average molecular weight is 308 g/mol. The smallest absolute Gasteiger partial charge is 0.319 e. The highest BCUT2D eigenvalue weighted by molar-refractivity contribution is 6.01. The van der Waals surface area contributed by atoms with E-state index in [1.54, 1.807) is 0 Å². The zero-order chi connectivity index (χ0) is 15.7. The lowest BCUT2D eigenvalue weighted by Gasteiger charge is -2.41. The number of benzene rings is 2. The van der Waals surface area contributed by atoms with E-state index in [1.165, 1.54) is 43.9 Å². The fraction of sp³-hybridized carbons (Fsp3) is 0.450. The van der Waals surface area contributed by atoms with E-state index in [0.29, 0.717) is 0 Å². The Labute approximate surface area is 137 Å². The van der Waals surface area contributed by atoms with Crippen LogP contribution in [0.3, 0.4) is 0 Å². The van der Waals surface area contributed by atoms with Gasteiger partial charge < -0.3 is 10.2 Å². The highest BCUT2D eigenvalue weighted by Crippen LogP contribution is 2.42. The van der Waals surface area contributed by atoms with E-state index < -0.39 is 0 Å². The Hall–Kier alpha value is -2.03. The molecule has 2 aromatic rings. The van der Waals surface area contributed by atoms with Crippen LogP contribution in [0.2, 0.25) is 0 Å². The van der Waals surface area contributed by atoms with Gasteiger partial charge in [0.25, 0.3) is 0 Å². The molecule has 1 aliphatic heterocycles. The summed E-state index contributed by atoms with van der Waals surface area (Å²) in [6.07, 6.45) is 8.52. The van der Waals surface area contributed by atoms with Gasteiger partial charge in [-0.1, -0.05) is 55.7 Å². The molecule has 1 N–H and O–H groups in total. The molecule has 0 radical (unpaired) electrons. The first-order valence-electron chi connectivity index (χ1n) is 8.85. The lowest BCUT2D eigenvalue weighted by molar-refractivity contribution is 0.121. The first-order valence-corrected chi connectivity index (χ1v) is 8.85. The summed E-state index contributed by atoms with van der Waals surface area (Å²) in [5.41, 5.74) is 1.05. The molecule has 120 valence electrons. The van der Waals surface area contributed by atoms with Gasteiger partial charge in [-0.3, -0.25) is 0 Å². The molecular formula is C20H24N2O. The van der Waals surface area contributed by atoms with Crippen LogP contribution in [0.25, 0.3) is 10.8 Å². The van der Waals surface area contributed by atoms with E-state index >= 15 is 0 Å². The number of anilines is 1. The summed E-state index contributed by atoms with van der Waals surface area (Å²) < 4.78 is 0. The second-order valence-electron chi connectivity index (χ2n) is 7.00. The van der Waals surface area contributed by atoms with E-state index in [0.717, 1.165) is 24.0 Å². The van der Waals surface area contributed by atoms with Crippen LogP contribution in [0.1, 0.15) is 44.9 Å². The molecule has 23 heavy (non-hydrogen) atoms. The maximum absolute atomic E-state index is 12.9. The van der Waals surface area contributed by atoms with Gasteiger partial charge in [0.15, 0.2) is 0 Å². The van der Waals surface area contributed by atoms with Crippen molar-refractivity contribution in [1.82, 2.24) is 4.90 Å². The molecule has 1 heterocycles. The Kier molecular flexibility index (Phi) is 3.72. The van der Waals surface area contributed by atoms with Crippen molar-refractivity contribution in [2.24, 2.45) is 0 Å². The summed E-state index contributed by atoms with van der Waals surface area (Å²) in [5, 5.41) is 5.46. The quantitative estimate of drug-likeness (QED) is 0.774. The average Bonchev–Trinajstić information content (AvgIpc) is 2.99. The van der Waals surface area contributed by atoms with Gasteiger partial charge in [-0.25, -0.2) is 4.79 Å². The zero-order valence-electron chi connectivity index (χ0n) is 13.6. The topological polar surface area (TPSA) is 32.3 Å². The maximum Gasteiger partial charge on any atom is 0.322 e. The molecule has 1 saturated carbocycles. The van der Waals surface area contributed by atoms with Crippen LogP contribution in [0.4, 0.5) is 10.5 Å². The van der Waals surface area contributed by atoms with Gasteiger partial charge in [0.2, 0.25) is 0 Å². The van der Waals surface area contributed by atoms with Crippen molar-refractivity contribution >= 4 is 22.5 Å². The fourth-order valence-electron chi connectivity index (χ4n) is 4.50. The van der Waals surface area contributed by atoms with E-state index in [1.807, 2.05) is 24.3 Å². The zero-order valence-corrected chi connectivity index (χ0v) is 13.6. The number of urea groups is 1. The van der Waals surface area contributed by atoms with Crippen molar-refractivity contribution < 1.29 is 4.79 Å². The number of nitrogens with zero attached hydrogens (tertiary/aromatic N) is 1. The highest BCUT2D eigenvalue weighted by Gasteiger charge is 2.43. The first-order chi connectivity index (χ1) is 11.3. The lowest BCUT2D eigenvalue weighted by atomic mass is 9.80. The molecule has 1 aliphatic carbocycles. The molecule has 2 fully saturated rings. The number of carbonyl (C=O) groups excluding carboxylic acids is 1. The molecule has 2 aromatic carbocycles. The summed E-state index contributed by atoms with van der Waals surface area (Å²) in [6.45, 7) is 0.899. The molecule has 0 aromatic heterocycles. The Morgan fingerprint density at radius 1 is 0.913 bits per heavy atom. The van der Waals surface area contributed by atoms with Crippen molar-refractivity contribution in [1.29, 1.82) is 0 Å². The van der Waals surface area contributed by atoms with Crippen molar-refractivity contribution in [3.8, 4) is 0 Å². The summed E-state index contributed by atoms with van der Waals surface area (Å²) in [7, 11) is 0. The molecule has 4 rings (SSSR count). The SMILES string of the molecule is O=C(Nc1cccc2ccccc12)N1CCCC12CCCCC2. The largest absolute Gasteiger partial charge is 0.322 e. The molecule has 0 atom stereocenters. The maximum atomic E-state index is 12.9. The molecule has 2 aliphatic rings. The third kappa shape index (κ3) is 2.58. The summed E-state index contributed by atoms with van der Waals surface area (Å²) in [4.78, 5) is 15.1. The van der Waals surface area contributed by atoms with E-state index in [9.17, 15) is 4.79 Å². The number of carbonyl (C=O) groups is 1. The number of likely N-dealkylation sites (tertiary alicyclic amines) is 1. The van der Waals surface area contributed by atoms with Crippen molar-refractivity contribution in [2.45, 2.75) is 50.5 Å². The number of hydrogen-bond acceptors (Lipinski definition) is 1. The Bertz CT molecular complexity index is 713. The van der Waals surface area contributed by atoms with Crippen molar-refractivity contribution in [3.63, 3.8) is 0 Å². The van der Waals surface area contributed by atoms with Gasteiger partial charge in [-0.05, 0) is 37.1 Å². The summed E-state index contributed by atoms with van der Waals surface area (Å²) in [5.74, 6) is 0. The molecule has 1 saturated heterocycles. The van der Waals surface area contributed by atoms with E-state index in [2.05, 4.69) is 28.4 Å². The Morgan fingerprint density at radius 2 is 1.65 bits per heavy atom. The monoisotopic (exact) mass is 308 g/mol. The predicted octanol–water partition coefficient (Wildman–Crippen LogP) is 5.17. The molecule has 2 amide bonds. The first kappa shape index (κ1) is 14.6.